The van der Waals surface area contributed by atoms with Crippen LogP contribution in [0.4, 0.5) is 0 Å². The molecule has 1 aromatic heterocycles. The maximum Gasteiger partial charge on any atom is 0.0946 e. The van der Waals surface area contributed by atoms with Crippen LogP contribution in [-0.4, -0.2) is 17.6 Å². The van der Waals surface area contributed by atoms with E-state index >= 15 is 0 Å². The molecule has 1 heterocycles. The van der Waals surface area contributed by atoms with Gasteiger partial charge in [0.1, 0.15) is 0 Å². The lowest BCUT2D eigenvalue weighted by atomic mass is 10.0. The van der Waals surface area contributed by atoms with Crippen molar-refractivity contribution in [3.05, 3.63) is 15.6 Å². The van der Waals surface area contributed by atoms with Gasteiger partial charge in [-0.05, 0) is 39.2 Å². The third-order valence-corrected chi connectivity index (χ3v) is 4.03. The Bertz CT molecular complexity index is 311. The number of aromatic nitrogens is 1. The summed E-state index contributed by atoms with van der Waals surface area (Å²) in [6.45, 7) is 12.2. The maximum absolute atomic E-state index is 4.64. The van der Waals surface area contributed by atoms with Crippen LogP contribution in [-0.2, 0) is 6.42 Å². The van der Waals surface area contributed by atoms with Crippen LogP contribution < -0.4 is 5.32 Å². The molecule has 0 radical (unpaired) electrons. The van der Waals surface area contributed by atoms with Gasteiger partial charge in [-0.15, -0.1) is 11.3 Å². The van der Waals surface area contributed by atoms with Crippen LogP contribution in [0.15, 0.2) is 0 Å². The van der Waals surface area contributed by atoms with E-state index in [1.54, 1.807) is 0 Å². The SMILES string of the molecule is CCCNC(Cc1nc(C)c(C)s1)CC(C)C. The lowest BCUT2D eigenvalue weighted by molar-refractivity contribution is 0.416. The summed E-state index contributed by atoms with van der Waals surface area (Å²) >= 11 is 1.85. The van der Waals surface area contributed by atoms with Crippen molar-refractivity contribution in [2.24, 2.45) is 5.92 Å². The van der Waals surface area contributed by atoms with E-state index in [0.717, 1.165) is 18.9 Å². The minimum absolute atomic E-state index is 0.583. The molecule has 1 aromatic rings. The van der Waals surface area contributed by atoms with Crippen LogP contribution in [0.1, 0.15) is 49.2 Å². The van der Waals surface area contributed by atoms with Gasteiger partial charge in [-0.2, -0.15) is 0 Å². The maximum atomic E-state index is 4.64. The van der Waals surface area contributed by atoms with E-state index in [4.69, 9.17) is 0 Å². The Morgan fingerprint density at radius 2 is 2.00 bits per heavy atom. The molecule has 0 amide bonds. The molecule has 2 nitrogen and oxygen atoms in total. The van der Waals surface area contributed by atoms with Gasteiger partial charge in [0, 0.05) is 17.3 Å². The van der Waals surface area contributed by atoms with E-state index in [0.29, 0.717) is 6.04 Å². The fraction of sp³-hybridized carbons (Fsp3) is 0.786. The van der Waals surface area contributed by atoms with Crippen LogP contribution in [0.2, 0.25) is 0 Å². The highest BCUT2D eigenvalue weighted by Gasteiger charge is 2.13. The molecule has 0 fully saturated rings. The number of hydrogen-bond donors (Lipinski definition) is 1. The van der Waals surface area contributed by atoms with Crippen molar-refractivity contribution in [2.45, 2.75) is 59.9 Å². The van der Waals surface area contributed by atoms with Gasteiger partial charge in [-0.25, -0.2) is 4.98 Å². The van der Waals surface area contributed by atoms with E-state index in [9.17, 15) is 0 Å². The number of aryl methyl sites for hydroxylation is 2. The van der Waals surface area contributed by atoms with Crippen LogP contribution in [0.3, 0.4) is 0 Å². The van der Waals surface area contributed by atoms with E-state index in [1.165, 1.54) is 28.4 Å². The standard InChI is InChI=1S/C14H26N2S/c1-6-7-15-13(8-10(2)3)9-14-16-11(4)12(5)17-14/h10,13,15H,6-9H2,1-5H3. The fourth-order valence-corrected chi connectivity index (χ4v) is 3.01. The van der Waals surface area contributed by atoms with Crippen molar-refractivity contribution in [3.63, 3.8) is 0 Å². The summed E-state index contributed by atoms with van der Waals surface area (Å²) in [5.74, 6) is 0.742. The van der Waals surface area contributed by atoms with E-state index < -0.39 is 0 Å². The van der Waals surface area contributed by atoms with Crippen molar-refractivity contribution >= 4 is 11.3 Å². The molecule has 0 aliphatic heterocycles. The van der Waals surface area contributed by atoms with Crippen molar-refractivity contribution in [3.8, 4) is 0 Å². The highest BCUT2D eigenvalue weighted by Crippen LogP contribution is 2.19. The summed E-state index contributed by atoms with van der Waals surface area (Å²) in [7, 11) is 0. The first-order valence-corrected chi connectivity index (χ1v) is 7.50. The molecule has 0 aliphatic rings. The van der Waals surface area contributed by atoms with Gasteiger partial charge in [0.2, 0.25) is 0 Å². The fourth-order valence-electron chi connectivity index (χ4n) is 1.99. The van der Waals surface area contributed by atoms with Crippen LogP contribution in [0.25, 0.3) is 0 Å². The lowest BCUT2D eigenvalue weighted by Gasteiger charge is -2.19. The molecule has 1 N–H and O–H groups in total. The minimum Gasteiger partial charge on any atom is -0.314 e. The Kier molecular flexibility index (Phi) is 6.14. The van der Waals surface area contributed by atoms with Crippen LogP contribution in [0.5, 0.6) is 0 Å². The second kappa shape index (κ2) is 7.12. The van der Waals surface area contributed by atoms with Crippen molar-refractivity contribution in [1.82, 2.24) is 10.3 Å². The monoisotopic (exact) mass is 254 g/mol. The van der Waals surface area contributed by atoms with Gasteiger partial charge >= 0.3 is 0 Å². The smallest absolute Gasteiger partial charge is 0.0946 e. The molecular weight excluding hydrogens is 228 g/mol. The van der Waals surface area contributed by atoms with Crippen molar-refractivity contribution < 1.29 is 0 Å². The van der Waals surface area contributed by atoms with Gasteiger partial charge < -0.3 is 5.32 Å². The number of nitrogens with zero attached hydrogens (tertiary/aromatic N) is 1. The zero-order valence-electron chi connectivity index (χ0n) is 11.8. The topological polar surface area (TPSA) is 24.9 Å². The minimum atomic E-state index is 0.583. The Labute approximate surface area is 110 Å². The molecule has 17 heavy (non-hydrogen) atoms. The van der Waals surface area contributed by atoms with Gasteiger partial charge in [-0.1, -0.05) is 20.8 Å². The van der Waals surface area contributed by atoms with Crippen molar-refractivity contribution in [2.75, 3.05) is 6.54 Å². The summed E-state index contributed by atoms with van der Waals surface area (Å²) in [6, 6.07) is 0.583. The second-order valence-electron chi connectivity index (χ2n) is 5.23. The quantitative estimate of drug-likeness (QED) is 0.802. The third kappa shape index (κ3) is 5.17. The first-order chi connectivity index (χ1) is 8.02. The number of thiazole rings is 1. The van der Waals surface area contributed by atoms with Gasteiger partial charge in [0.15, 0.2) is 0 Å². The average Bonchev–Trinajstić information content (AvgIpc) is 2.54. The summed E-state index contributed by atoms with van der Waals surface area (Å²) in [5.41, 5.74) is 1.20. The first-order valence-electron chi connectivity index (χ1n) is 6.69. The first kappa shape index (κ1) is 14.7. The molecule has 0 saturated carbocycles. The summed E-state index contributed by atoms with van der Waals surface area (Å²) in [4.78, 5) is 6.00. The van der Waals surface area contributed by atoms with Gasteiger partial charge in [0.25, 0.3) is 0 Å². The van der Waals surface area contributed by atoms with Crippen LogP contribution in [0, 0.1) is 19.8 Å². The second-order valence-corrected chi connectivity index (χ2v) is 6.52. The van der Waals surface area contributed by atoms with Gasteiger partial charge in [0.05, 0.1) is 10.7 Å². The predicted octanol–water partition coefficient (Wildman–Crippen LogP) is 3.72. The molecule has 0 bridgehead atoms. The summed E-state index contributed by atoms with van der Waals surface area (Å²) < 4.78 is 0. The average molecular weight is 254 g/mol. The molecule has 0 aliphatic carbocycles. The molecule has 3 heteroatoms. The Hall–Kier alpha value is -0.410. The summed E-state index contributed by atoms with van der Waals surface area (Å²) in [6.07, 6.45) is 3.51. The lowest BCUT2D eigenvalue weighted by Crippen LogP contribution is -2.33. The molecule has 98 valence electrons. The summed E-state index contributed by atoms with van der Waals surface area (Å²) in [5, 5.41) is 4.93. The number of rotatable bonds is 7. The zero-order valence-corrected chi connectivity index (χ0v) is 12.7. The Morgan fingerprint density at radius 1 is 1.29 bits per heavy atom. The van der Waals surface area contributed by atoms with E-state index in [-0.39, 0.29) is 0 Å². The molecule has 0 saturated heterocycles. The third-order valence-electron chi connectivity index (χ3n) is 2.93. The molecule has 0 spiro atoms. The largest absolute Gasteiger partial charge is 0.314 e. The molecule has 1 rings (SSSR count). The van der Waals surface area contributed by atoms with E-state index in [1.807, 2.05) is 11.3 Å². The highest BCUT2D eigenvalue weighted by molar-refractivity contribution is 7.11. The number of hydrogen-bond acceptors (Lipinski definition) is 3. The van der Waals surface area contributed by atoms with Crippen molar-refractivity contribution in [1.29, 1.82) is 0 Å². The van der Waals surface area contributed by atoms with E-state index in [2.05, 4.69) is 44.9 Å². The molecule has 1 unspecified atom stereocenters. The molecule has 1 atom stereocenters. The predicted molar refractivity (Wildman–Crippen MR) is 76.8 cm³/mol. The normalized spacial score (nSPS) is 13.3. The zero-order chi connectivity index (χ0) is 12.8. The highest BCUT2D eigenvalue weighted by atomic mass is 32.1. The van der Waals surface area contributed by atoms with Crippen LogP contribution >= 0.6 is 11.3 Å². The Morgan fingerprint density at radius 3 is 2.47 bits per heavy atom. The number of nitrogens with one attached hydrogen (secondary N) is 1. The molecule has 0 aromatic carbocycles. The molecular formula is C14H26N2S. The van der Waals surface area contributed by atoms with Gasteiger partial charge in [-0.3, -0.25) is 0 Å². The Balaban J connectivity index is 2.57.